The number of nitrogens with zero attached hydrogens (tertiary/aromatic N) is 4. The van der Waals surface area contributed by atoms with E-state index in [0.29, 0.717) is 28.2 Å². The number of hydrogen-bond acceptors (Lipinski definition) is 3. The van der Waals surface area contributed by atoms with Gasteiger partial charge in [-0.05, 0) is 43.9 Å². The highest BCUT2D eigenvalue weighted by Gasteiger charge is 2.28. The summed E-state index contributed by atoms with van der Waals surface area (Å²) in [4.78, 5) is 29.2. The molecule has 1 aliphatic rings. The Kier molecular flexibility index (Phi) is 4.65. The summed E-state index contributed by atoms with van der Waals surface area (Å²) in [6.07, 6.45) is 2.12. The maximum Gasteiger partial charge on any atom is 0.296 e. The molecule has 0 saturated carbocycles. The van der Waals surface area contributed by atoms with E-state index in [9.17, 15) is 9.59 Å². The summed E-state index contributed by atoms with van der Waals surface area (Å²) < 4.78 is 3.26. The van der Waals surface area contributed by atoms with Gasteiger partial charge in [-0.15, -0.1) is 0 Å². The number of amides is 1. The number of aromatic nitrogens is 3. The number of carbonyl (C=O) groups excluding carboxylic acids is 1. The molecule has 1 saturated heterocycles. The molecular formula is C25H26N4O2. The van der Waals surface area contributed by atoms with Gasteiger partial charge in [0.1, 0.15) is 5.52 Å². The fourth-order valence-corrected chi connectivity index (χ4v) is 4.71. The van der Waals surface area contributed by atoms with E-state index in [1.54, 1.807) is 0 Å². The van der Waals surface area contributed by atoms with Crippen LogP contribution in [0.1, 0.15) is 35.8 Å². The average molecular weight is 415 g/mol. The van der Waals surface area contributed by atoms with Gasteiger partial charge in [0.05, 0.1) is 5.69 Å². The molecule has 1 atom stereocenters. The van der Waals surface area contributed by atoms with Gasteiger partial charge in [0.15, 0.2) is 5.69 Å². The third-order valence-corrected chi connectivity index (χ3v) is 6.36. The second-order valence-corrected chi connectivity index (χ2v) is 8.70. The molecule has 6 heteroatoms. The van der Waals surface area contributed by atoms with Crippen LogP contribution < -0.4 is 5.56 Å². The third kappa shape index (κ3) is 3.14. The van der Waals surface area contributed by atoms with Gasteiger partial charge in [-0.2, -0.15) is 9.78 Å². The molecule has 6 nitrogen and oxygen atoms in total. The quantitative estimate of drug-likeness (QED) is 0.497. The first-order chi connectivity index (χ1) is 15.0. The fourth-order valence-electron chi connectivity index (χ4n) is 4.71. The van der Waals surface area contributed by atoms with Gasteiger partial charge in [-0.25, -0.2) is 0 Å². The molecule has 1 amide bonds. The Labute approximate surface area is 180 Å². The monoisotopic (exact) mass is 414 g/mol. The molecule has 0 radical (unpaired) electrons. The Morgan fingerprint density at radius 1 is 1.10 bits per heavy atom. The Morgan fingerprint density at radius 3 is 2.58 bits per heavy atom. The van der Waals surface area contributed by atoms with E-state index in [2.05, 4.69) is 12.0 Å². The van der Waals surface area contributed by atoms with Gasteiger partial charge < -0.3 is 9.47 Å². The molecule has 158 valence electrons. The minimum Gasteiger partial charge on any atom is -0.339 e. The highest BCUT2D eigenvalue weighted by molar-refractivity contribution is 6.16. The van der Waals surface area contributed by atoms with Crippen LogP contribution in [0.25, 0.3) is 27.5 Å². The number of benzene rings is 2. The average Bonchev–Trinajstić information content (AvgIpc) is 3.08. The molecule has 2 aromatic carbocycles. The van der Waals surface area contributed by atoms with E-state index in [1.165, 1.54) is 4.68 Å². The van der Waals surface area contributed by atoms with Gasteiger partial charge in [-0.1, -0.05) is 42.8 Å². The molecule has 0 spiro atoms. The van der Waals surface area contributed by atoms with Gasteiger partial charge in [0, 0.05) is 36.4 Å². The highest BCUT2D eigenvalue weighted by atomic mass is 16.2. The van der Waals surface area contributed by atoms with Gasteiger partial charge >= 0.3 is 0 Å². The summed E-state index contributed by atoms with van der Waals surface area (Å²) in [7, 11) is 1.88. The van der Waals surface area contributed by atoms with E-state index >= 15 is 0 Å². The molecule has 31 heavy (non-hydrogen) atoms. The predicted molar refractivity (Wildman–Crippen MR) is 123 cm³/mol. The minimum atomic E-state index is -0.221. The van der Waals surface area contributed by atoms with Crippen LogP contribution in [0.5, 0.6) is 0 Å². The second-order valence-electron chi connectivity index (χ2n) is 8.70. The predicted octanol–water partition coefficient (Wildman–Crippen LogP) is 4.06. The maximum absolute atomic E-state index is 13.7. The lowest BCUT2D eigenvalue weighted by Crippen LogP contribution is -2.40. The molecule has 1 aliphatic heterocycles. The number of aryl methyl sites for hydroxylation is 2. The number of piperidine rings is 1. The number of para-hydroxylation sites is 1. The van der Waals surface area contributed by atoms with Crippen molar-refractivity contribution in [3.63, 3.8) is 0 Å². The zero-order valence-corrected chi connectivity index (χ0v) is 18.1. The van der Waals surface area contributed by atoms with Crippen molar-refractivity contribution in [2.24, 2.45) is 13.0 Å². The van der Waals surface area contributed by atoms with Crippen molar-refractivity contribution in [2.75, 3.05) is 13.1 Å². The first-order valence-electron chi connectivity index (χ1n) is 10.8. The summed E-state index contributed by atoms with van der Waals surface area (Å²) in [5.74, 6) is 0.359. The van der Waals surface area contributed by atoms with Crippen LogP contribution in [0.2, 0.25) is 0 Å². The van der Waals surface area contributed by atoms with E-state index in [0.717, 1.165) is 42.4 Å². The van der Waals surface area contributed by atoms with Crippen molar-refractivity contribution in [3.05, 3.63) is 70.1 Å². The van der Waals surface area contributed by atoms with Crippen molar-refractivity contribution < 1.29 is 4.79 Å². The molecular weight excluding hydrogens is 388 g/mol. The summed E-state index contributed by atoms with van der Waals surface area (Å²) in [5.41, 5.74) is 3.30. The molecule has 0 unspecified atom stereocenters. The minimum absolute atomic E-state index is 0.103. The van der Waals surface area contributed by atoms with Gasteiger partial charge in [-0.3, -0.25) is 9.59 Å². The Bertz CT molecular complexity index is 1360. The lowest BCUT2D eigenvalue weighted by molar-refractivity contribution is 0.0677. The highest BCUT2D eigenvalue weighted by Crippen LogP contribution is 2.30. The summed E-state index contributed by atoms with van der Waals surface area (Å²) in [6, 6.07) is 15.5. The molecule has 3 heterocycles. The molecule has 0 bridgehead atoms. The summed E-state index contributed by atoms with van der Waals surface area (Å²) in [5, 5.41) is 6.19. The summed E-state index contributed by atoms with van der Waals surface area (Å²) >= 11 is 0. The molecule has 2 aromatic heterocycles. The summed E-state index contributed by atoms with van der Waals surface area (Å²) in [6.45, 7) is 5.62. The molecule has 4 aromatic rings. The maximum atomic E-state index is 13.7. The number of hydrogen-bond donors (Lipinski definition) is 0. The lowest BCUT2D eigenvalue weighted by Gasteiger charge is -2.30. The largest absolute Gasteiger partial charge is 0.339 e. The van der Waals surface area contributed by atoms with Crippen LogP contribution in [0.4, 0.5) is 0 Å². The van der Waals surface area contributed by atoms with Crippen molar-refractivity contribution in [2.45, 2.75) is 26.7 Å². The number of rotatable bonds is 2. The number of carbonyl (C=O) groups is 1. The van der Waals surface area contributed by atoms with Crippen LogP contribution in [-0.4, -0.2) is 38.2 Å². The first kappa shape index (κ1) is 19.5. The zero-order valence-electron chi connectivity index (χ0n) is 18.1. The van der Waals surface area contributed by atoms with Crippen LogP contribution in [-0.2, 0) is 7.05 Å². The van der Waals surface area contributed by atoms with E-state index in [4.69, 9.17) is 0 Å². The molecule has 0 aliphatic carbocycles. The molecule has 0 N–H and O–H groups in total. The SMILES string of the molecule is Cc1ccc(-n2nc(C(=O)N3CCC[C@@H](C)C3)c3c4ccccc4n(C)c3c2=O)cc1. The van der Waals surface area contributed by atoms with Crippen molar-refractivity contribution in [3.8, 4) is 5.69 Å². The topological polar surface area (TPSA) is 60.1 Å². The number of likely N-dealkylation sites (tertiary alicyclic amines) is 1. The Morgan fingerprint density at radius 2 is 1.84 bits per heavy atom. The van der Waals surface area contributed by atoms with E-state index in [-0.39, 0.29) is 11.5 Å². The van der Waals surface area contributed by atoms with Crippen LogP contribution in [0, 0.1) is 12.8 Å². The van der Waals surface area contributed by atoms with Crippen molar-refractivity contribution >= 4 is 27.7 Å². The Balaban J connectivity index is 1.83. The van der Waals surface area contributed by atoms with Crippen LogP contribution in [0.3, 0.4) is 0 Å². The van der Waals surface area contributed by atoms with Crippen molar-refractivity contribution in [1.29, 1.82) is 0 Å². The smallest absolute Gasteiger partial charge is 0.296 e. The van der Waals surface area contributed by atoms with E-state index in [1.807, 2.05) is 72.0 Å². The van der Waals surface area contributed by atoms with Gasteiger partial charge in [0.2, 0.25) is 0 Å². The van der Waals surface area contributed by atoms with Crippen LogP contribution in [0.15, 0.2) is 53.3 Å². The third-order valence-electron chi connectivity index (χ3n) is 6.36. The lowest BCUT2D eigenvalue weighted by atomic mass is 9.99. The molecule has 1 fully saturated rings. The first-order valence-corrected chi connectivity index (χ1v) is 10.8. The number of fused-ring (bicyclic) bond motifs is 3. The fraction of sp³-hybridized carbons (Fsp3) is 0.320. The standard InChI is InChI=1S/C25H26N4O2/c1-16-10-12-18(13-11-16)29-25(31)23-21(19-8-4-5-9-20(19)27(23)3)22(26-29)24(30)28-14-6-7-17(2)15-28/h4-5,8-13,17H,6-7,14-15H2,1-3H3/t17-/m1/s1. The zero-order chi connectivity index (χ0) is 21.7. The normalized spacial score (nSPS) is 16.9. The molecule has 5 rings (SSSR count). The van der Waals surface area contributed by atoms with E-state index < -0.39 is 0 Å². The van der Waals surface area contributed by atoms with Crippen LogP contribution >= 0.6 is 0 Å². The second kappa shape index (κ2) is 7.38. The van der Waals surface area contributed by atoms with Gasteiger partial charge in [0.25, 0.3) is 11.5 Å². The van der Waals surface area contributed by atoms with Crippen molar-refractivity contribution in [1.82, 2.24) is 19.2 Å². The Hall–Kier alpha value is -3.41.